The molecule has 0 N–H and O–H groups in total. The van der Waals surface area contributed by atoms with E-state index < -0.39 is 0 Å². The Hall–Kier alpha value is -0.530. The SMILES string of the molecule is CCCCCC(=O)OCCC1CCCCCC1. The van der Waals surface area contributed by atoms with E-state index in [1.165, 1.54) is 38.5 Å². The lowest BCUT2D eigenvalue weighted by Crippen LogP contribution is -2.09. The second-order valence-corrected chi connectivity index (χ2v) is 5.32. The van der Waals surface area contributed by atoms with Crippen molar-refractivity contribution < 1.29 is 9.53 Å². The molecule has 0 heterocycles. The van der Waals surface area contributed by atoms with E-state index in [1.807, 2.05) is 0 Å². The van der Waals surface area contributed by atoms with Crippen molar-refractivity contribution in [2.45, 2.75) is 77.6 Å². The Bertz CT molecular complexity index is 193. The molecule has 100 valence electrons. The van der Waals surface area contributed by atoms with Crippen molar-refractivity contribution in [2.75, 3.05) is 6.61 Å². The van der Waals surface area contributed by atoms with Crippen LogP contribution in [0.1, 0.15) is 77.6 Å². The van der Waals surface area contributed by atoms with Gasteiger partial charge in [-0.3, -0.25) is 4.79 Å². The van der Waals surface area contributed by atoms with Gasteiger partial charge in [-0.05, 0) is 18.8 Å². The molecule has 0 bridgehead atoms. The number of ether oxygens (including phenoxy) is 1. The van der Waals surface area contributed by atoms with Gasteiger partial charge in [0.05, 0.1) is 6.61 Å². The van der Waals surface area contributed by atoms with Crippen molar-refractivity contribution >= 4 is 5.97 Å². The second kappa shape index (κ2) is 9.49. The molecule has 0 atom stereocenters. The Kier molecular flexibility index (Phi) is 8.12. The molecule has 0 amide bonds. The van der Waals surface area contributed by atoms with Gasteiger partial charge in [-0.25, -0.2) is 0 Å². The maximum Gasteiger partial charge on any atom is 0.305 e. The predicted molar refractivity (Wildman–Crippen MR) is 70.9 cm³/mol. The van der Waals surface area contributed by atoms with Crippen LogP contribution < -0.4 is 0 Å². The minimum atomic E-state index is 0.00655. The minimum absolute atomic E-state index is 0.00655. The van der Waals surface area contributed by atoms with Gasteiger partial charge < -0.3 is 4.74 Å². The quantitative estimate of drug-likeness (QED) is 0.373. The molecule has 17 heavy (non-hydrogen) atoms. The van der Waals surface area contributed by atoms with Gasteiger partial charge in [0.2, 0.25) is 0 Å². The van der Waals surface area contributed by atoms with Gasteiger partial charge >= 0.3 is 5.97 Å². The van der Waals surface area contributed by atoms with E-state index in [4.69, 9.17) is 4.74 Å². The molecule has 0 aromatic carbocycles. The van der Waals surface area contributed by atoms with Crippen molar-refractivity contribution in [1.82, 2.24) is 0 Å². The van der Waals surface area contributed by atoms with Gasteiger partial charge in [0.15, 0.2) is 0 Å². The molecule has 1 aliphatic rings. The molecule has 0 aliphatic heterocycles. The van der Waals surface area contributed by atoms with E-state index in [0.29, 0.717) is 13.0 Å². The van der Waals surface area contributed by atoms with Gasteiger partial charge in [-0.15, -0.1) is 0 Å². The summed E-state index contributed by atoms with van der Waals surface area (Å²) >= 11 is 0. The van der Waals surface area contributed by atoms with Crippen LogP contribution in [-0.4, -0.2) is 12.6 Å². The molecule has 1 saturated carbocycles. The number of hydrogen-bond donors (Lipinski definition) is 0. The van der Waals surface area contributed by atoms with E-state index >= 15 is 0 Å². The fourth-order valence-electron chi connectivity index (χ4n) is 2.58. The van der Waals surface area contributed by atoms with Crippen molar-refractivity contribution in [3.8, 4) is 0 Å². The largest absolute Gasteiger partial charge is 0.466 e. The second-order valence-electron chi connectivity index (χ2n) is 5.32. The van der Waals surface area contributed by atoms with E-state index in [9.17, 15) is 4.79 Å². The van der Waals surface area contributed by atoms with Gasteiger partial charge in [0.1, 0.15) is 0 Å². The van der Waals surface area contributed by atoms with Crippen molar-refractivity contribution in [3.05, 3.63) is 0 Å². The molecule has 1 aliphatic carbocycles. The molecule has 0 radical (unpaired) electrons. The fraction of sp³-hybridized carbons (Fsp3) is 0.933. The molecule has 0 aromatic heterocycles. The number of unbranched alkanes of at least 4 members (excludes halogenated alkanes) is 2. The summed E-state index contributed by atoms with van der Waals surface area (Å²) in [6.45, 7) is 2.80. The topological polar surface area (TPSA) is 26.3 Å². The Morgan fingerprint density at radius 2 is 1.82 bits per heavy atom. The van der Waals surface area contributed by atoms with Crippen molar-refractivity contribution in [2.24, 2.45) is 5.92 Å². The minimum Gasteiger partial charge on any atom is -0.466 e. The highest BCUT2D eigenvalue weighted by Gasteiger charge is 2.12. The number of rotatable bonds is 7. The molecule has 1 fully saturated rings. The molecule has 2 heteroatoms. The van der Waals surface area contributed by atoms with Crippen LogP contribution in [0.5, 0.6) is 0 Å². The summed E-state index contributed by atoms with van der Waals surface area (Å²) in [5, 5.41) is 0. The number of carbonyl (C=O) groups excluding carboxylic acids is 1. The van der Waals surface area contributed by atoms with E-state index in [1.54, 1.807) is 0 Å². The monoisotopic (exact) mass is 240 g/mol. The summed E-state index contributed by atoms with van der Waals surface area (Å²) in [5.41, 5.74) is 0. The maximum atomic E-state index is 11.4. The zero-order valence-corrected chi connectivity index (χ0v) is 11.4. The highest BCUT2D eigenvalue weighted by atomic mass is 16.5. The van der Waals surface area contributed by atoms with Crippen LogP contribution in [0.15, 0.2) is 0 Å². The average Bonchev–Trinajstić information content (AvgIpc) is 2.58. The van der Waals surface area contributed by atoms with Gasteiger partial charge in [0.25, 0.3) is 0 Å². The first kappa shape index (κ1) is 14.5. The zero-order chi connectivity index (χ0) is 12.3. The molecule has 0 unspecified atom stereocenters. The fourth-order valence-corrected chi connectivity index (χ4v) is 2.58. The number of hydrogen-bond acceptors (Lipinski definition) is 2. The van der Waals surface area contributed by atoms with E-state index in [2.05, 4.69) is 6.92 Å². The first-order chi connectivity index (χ1) is 8.33. The predicted octanol–water partition coefficient (Wildman–Crippen LogP) is 4.47. The third kappa shape index (κ3) is 7.40. The van der Waals surface area contributed by atoms with Crippen LogP contribution >= 0.6 is 0 Å². The average molecular weight is 240 g/mol. The summed E-state index contributed by atoms with van der Waals surface area (Å²) in [5.74, 6) is 0.813. The van der Waals surface area contributed by atoms with Crippen LogP contribution in [0, 0.1) is 5.92 Å². The highest BCUT2D eigenvalue weighted by molar-refractivity contribution is 5.69. The van der Waals surface area contributed by atoms with Crippen LogP contribution in [0.4, 0.5) is 0 Å². The molecule has 0 saturated heterocycles. The standard InChI is InChI=1S/C15H28O2/c1-2-3-6-11-15(16)17-13-12-14-9-7-4-5-8-10-14/h14H,2-13H2,1H3. The summed E-state index contributed by atoms with van der Waals surface area (Å²) in [4.78, 5) is 11.4. The summed E-state index contributed by atoms with van der Waals surface area (Å²) in [6.07, 6.45) is 13.2. The first-order valence-electron chi connectivity index (χ1n) is 7.48. The van der Waals surface area contributed by atoms with Crippen LogP contribution in [-0.2, 0) is 9.53 Å². The normalized spacial score (nSPS) is 17.7. The molecule has 0 aromatic rings. The third-order valence-corrected chi connectivity index (χ3v) is 3.75. The summed E-state index contributed by atoms with van der Waals surface area (Å²) in [7, 11) is 0. The van der Waals surface area contributed by atoms with Gasteiger partial charge in [-0.2, -0.15) is 0 Å². The highest BCUT2D eigenvalue weighted by Crippen LogP contribution is 2.25. The Balaban J connectivity index is 1.99. The van der Waals surface area contributed by atoms with Crippen LogP contribution in [0.2, 0.25) is 0 Å². The van der Waals surface area contributed by atoms with E-state index in [-0.39, 0.29) is 5.97 Å². The first-order valence-corrected chi connectivity index (χ1v) is 7.48. The molecule has 2 nitrogen and oxygen atoms in total. The van der Waals surface area contributed by atoms with Crippen molar-refractivity contribution in [1.29, 1.82) is 0 Å². The number of esters is 1. The third-order valence-electron chi connectivity index (χ3n) is 3.75. The van der Waals surface area contributed by atoms with Crippen LogP contribution in [0.25, 0.3) is 0 Å². The van der Waals surface area contributed by atoms with Gasteiger partial charge in [-0.1, -0.05) is 58.3 Å². The van der Waals surface area contributed by atoms with Gasteiger partial charge in [0, 0.05) is 6.42 Å². The Morgan fingerprint density at radius 3 is 2.47 bits per heavy atom. The molecular weight excluding hydrogens is 212 g/mol. The number of carbonyl (C=O) groups is 1. The lowest BCUT2D eigenvalue weighted by Gasteiger charge is -2.13. The van der Waals surface area contributed by atoms with Crippen LogP contribution in [0.3, 0.4) is 0 Å². The maximum absolute atomic E-state index is 11.4. The smallest absolute Gasteiger partial charge is 0.305 e. The Morgan fingerprint density at radius 1 is 1.12 bits per heavy atom. The van der Waals surface area contributed by atoms with Crippen molar-refractivity contribution in [3.63, 3.8) is 0 Å². The lowest BCUT2D eigenvalue weighted by atomic mass is 9.97. The molecule has 0 spiro atoms. The zero-order valence-electron chi connectivity index (χ0n) is 11.4. The van der Waals surface area contributed by atoms with E-state index in [0.717, 1.165) is 31.6 Å². The molecular formula is C15H28O2. The summed E-state index contributed by atoms with van der Waals surface area (Å²) in [6, 6.07) is 0. The lowest BCUT2D eigenvalue weighted by molar-refractivity contribution is -0.144. The molecule has 1 rings (SSSR count). The summed E-state index contributed by atoms with van der Waals surface area (Å²) < 4.78 is 5.29. The Labute approximate surface area is 106 Å².